The van der Waals surface area contributed by atoms with Gasteiger partial charge in [-0.1, -0.05) is 13.8 Å². The van der Waals surface area contributed by atoms with Gasteiger partial charge in [0.2, 0.25) is 0 Å². The number of fused-ring (bicyclic) bond motifs is 1. The first-order valence-corrected chi connectivity index (χ1v) is 8.90. The van der Waals surface area contributed by atoms with Crippen molar-refractivity contribution in [1.82, 2.24) is 4.90 Å². The van der Waals surface area contributed by atoms with E-state index >= 15 is 0 Å². The summed E-state index contributed by atoms with van der Waals surface area (Å²) >= 11 is 0. The first-order chi connectivity index (χ1) is 11.6. The van der Waals surface area contributed by atoms with Gasteiger partial charge < -0.3 is 19.1 Å². The average molecular weight is 333 g/mol. The molecule has 0 aromatic heterocycles. The Morgan fingerprint density at radius 2 is 2.00 bits per heavy atom. The predicted octanol–water partition coefficient (Wildman–Crippen LogP) is 2.98. The molecule has 1 fully saturated rings. The molecule has 2 aliphatic rings. The maximum absolute atomic E-state index is 13.0. The molecule has 2 aliphatic heterocycles. The largest absolute Gasteiger partial charge is 0.490 e. The third-order valence-corrected chi connectivity index (χ3v) is 4.37. The summed E-state index contributed by atoms with van der Waals surface area (Å²) < 4.78 is 16.8. The lowest BCUT2D eigenvalue weighted by Crippen LogP contribution is -2.38. The van der Waals surface area contributed by atoms with Crippen LogP contribution in [0.25, 0.3) is 0 Å². The van der Waals surface area contributed by atoms with Crippen LogP contribution in [-0.4, -0.2) is 50.3 Å². The molecule has 24 heavy (non-hydrogen) atoms. The minimum atomic E-state index is 0.0613. The van der Waals surface area contributed by atoms with Crippen LogP contribution in [0.5, 0.6) is 11.5 Å². The van der Waals surface area contributed by atoms with Crippen LogP contribution in [0.15, 0.2) is 18.2 Å². The molecule has 0 saturated carbocycles. The smallest absolute Gasteiger partial charge is 0.254 e. The molecule has 0 aliphatic carbocycles. The molecule has 2 heterocycles. The molecule has 0 radical (unpaired) electrons. The Labute approximate surface area is 143 Å². The van der Waals surface area contributed by atoms with Gasteiger partial charge in [0, 0.05) is 37.6 Å². The zero-order valence-corrected chi connectivity index (χ0v) is 14.6. The standard InChI is InChI=1S/C19H27NO4/c1-14(2)11-20(12-15-6-9-22-13-15)19(21)16-4-5-17-18(10-16)24-8-3-7-23-17/h4-5,10,14-15H,3,6-9,11-13H2,1-2H3. The lowest BCUT2D eigenvalue weighted by Gasteiger charge is -2.27. The fourth-order valence-electron chi connectivity index (χ4n) is 3.20. The van der Waals surface area contributed by atoms with Crippen molar-refractivity contribution in [3.8, 4) is 11.5 Å². The van der Waals surface area contributed by atoms with Crippen molar-refractivity contribution in [1.29, 1.82) is 0 Å². The first kappa shape index (κ1) is 17.1. The molecule has 3 rings (SSSR count). The Kier molecular flexibility index (Phi) is 5.61. The van der Waals surface area contributed by atoms with Gasteiger partial charge in [-0.3, -0.25) is 4.79 Å². The van der Waals surface area contributed by atoms with Gasteiger partial charge in [-0.05, 0) is 30.5 Å². The van der Waals surface area contributed by atoms with Crippen molar-refractivity contribution in [3.63, 3.8) is 0 Å². The van der Waals surface area contributed by atoms with Gasteiger partial charge in [0.05, 0.1) is 19.8 Å². The number of rotatable bonds is 5. The Balaban J connectivity index is 1.76. The van der Waals surface area contributed by atoms with Crippen molar-refractivity contribution in [2.24, 2.45) is 11.8 Å². The molecule has 1 saturated heterocycles. The van der Waals surface area contributed by atoms with Gasteiger partial charge in [0.25, 0.3) is 5.91 Å². The molecule has 1 amide bonds. The monoisotopic (exact) mass is 333 g/mol. The summed E-state index contributed by atoms with van der Waals surface area (Å²) in [5.41, 5.74) is 0.666. The molecule has 132 valence electrons. The Hall–Kier alpha value is -1.75. The molecule has 1 aromatic carbocycles. The van der Waals surface area contributed by atoms with Crippen molar-refractivity contribution in [3.05, 3.63) is 23.8 Å². The summed E-state index contributed by atoms with van der Waals surface area (Å²) in [5.74, 6) is 2.33. The molecule has 1 atom stereocenters. The third kappa shape index (κ3) is 4.20. The summed E-state index contributed by atoms with van der Waals surface area (Å²) in [7, 11) is 0. The molecule has 1 unspecified atom stereocenters. The van der Waals surface area contributed by atoms with Crippen molar-refractivity contribution >= 4 is 5.91 Å². The number of amides is 1. The van der Waals surface area contributed by atoms with E-state index in [0.717, 1.165) is 44.9 Å². The van der Waals surface area contributed by atoms with Crippen LogP contribution < -0.4 is 9.47 Å². The highest BCUT2D eigenvalue weighted by atomic mass is 16.5. The minimum absolute atomic E-state index is 0.0613. The fraction of sp³-hybridized carbons (Fsp3) is 0.632. The van der Waals surface area contributed by atoms with E-state index in [1.54, 1.807) is 0 Å². The summed E-state index contributed by atoms with van der Waals surface area (Å²) in [5, 5.41) is 0. The van der Waals surface area contributed by atoms with Gasteiger partial charge in [0.15, 0.2) is 11.5 Å². The van der Waals surface area contributed by atoms with Crippen LogP contribution in [0, 0.1) is 11.8 Å². The maximum Gasteiger partial charge on any atom is 0.254 e. The normalized spacial score (nSPS) is 20.0. The molecule has 0 bridgehead atoms. The average Bonchev–Trinajstić information content (AvgIpc) is 2.95. The van der Waals surface area contributed by atoms with Crippen molar-refractivity contribution < 1.29 is 19.0 Å². The van der Waals surface area contributed by atoms with Gasteiger partial charge >= 0.3 is 0 Å². The predicted molar refractivity (Wildman–Crippen MR) is 91.7 cm³/mol. The van der Waals surface area contributed by atoms with Crippen LogP contribution in [-0.2, 0) is 4.74 Å². The van der Waals surface area contributed by atoms with Crippen LogP contribution in [0.2, 0.25) is 0 Å². The lowest BCUT2D eigenvalue weighted by molar-refractivity contribution is 0.0698. The highest BCUT2D eigenvalue weighted by Gasteiger charge is 2.25. The summed E-state index contributed by atoms with van der Waals surface area (Å²) in [6.45, 7) is 8.62. The molecule has 5 nitrogen and oxygen atoms in total. The first-order valence-electron chi connectivity index (χ1n) is 8.90. The molecular weight excluding hydrogens is 306 g/mol. The maximum atomic E-state index is 13.0. The molecular formula is C19H27NO4. The number of hydrogen-bond acceptors (Lipinski definition) is 4. The number of benzene rings is 1. The highest BCUT2D eigenvalue weighted by molar-refractivity contribution is 5.95. The topological polar surface area (TPSA) is 48.0 Å². The van der Waals surface area contributed by atoms with Crippen LogP contribution in [0.3, 0.4) is 0 Å². The zero-order chi connectivity index (χ0) is 16.9. The summed E-state index contributed by atoms with van der Waals surface area (Å²) in [4.78, 5) is 15.0. The van der Waals surface area contributed by atoms with Gasteiger partial charge in [-0.15, -0.1) is 0 Å². The van der Waals surface area contributed by atoms with Crippen LogP contribution in [0.4, 0.5) is 0 Å². The minimum Gasteiger partial charge on any atom is -0.490 e. The lowest BCUT2D eigenvalue weighted by atomic mass is 10.1. The number of ether oxygens (including phenoxy) is 3. The number of hydrogen-bond donors (Lipinski definition) is 0. The van der Waals surface area contributed by atoms with E-state index in [0.29, 0.717) is 36.4 Å². The second kappa shape index (κ2) is 7.88. The number of nitrogens with zero attached hydrogens (tertiary/aromatic N) is 1. The SMILES string of the molecule is CC(C)CN(CC1CCOC1)C(=O)c1ccc2c(c1)OCCCO2. The Morgan fingerprint density at radius 3 is 2.71 bits per heavy atom. The van der Waals surface area contributed by atoms with Crippen LogP contribution >= 0.6 is 0 Å². The molecule has 5 heteroatoms. The quantitative estimate of drug-likeness (QED) is 0.831. The van der Waals surface area contributed by atoms with Gasteiger partial charge in [-0.2, -0.15) is 0 Å². The van der Waals surface area contributed by atoms with E-state index in [1.165, 1.54) is 0 Å². The summed E-state index contributed by atoms with van der Waals surface area (Å²) in [6, 6.07) is 5.51. The second-order valence-electron chi connectivity index (χ2n) is 7.05. The summed E-state index contributed by atoms with van der Waals surface area (Å²) in [6.07, 6.45) is 1.89. The van der Waals surface area contributed by atoms with Crippen LogP contribution in [0.1, 0.15) is 37.0 Å². The Morgan fingerprint density at radius 1 is 1.21 bits per heavy atom. The van der Waals surface area contributed by atoms with Crippen molar-refractivity contribution in [2.45, 2.75) is 26.7 Å². The Bertz CT molecular complexity index is 566. The second-order valence-corrected chi connectivity index (χ2v) is 7.05. The van der Waals surface area contributed by atoms with E-state index < -0.39 is 0 Å². The van der Waals surface area contributed by atoms with Gasteiger partial charge in [0.1, 0.15) is 0 Å². The zero-order valence-electron chi connectivity index (χ0n) is 14.6. The fourth-order valence-corrected chi connectivity index (χ4v) is 3.20. The van der Waals surface area contributed by atoms with E-state index in [-0.39, 0.29) is 5.91 Å². The van der Waals surface area contributed by atoms with Gasteiger partial charge in [-0.25, -0.2) is 0 Å². The van der Waals surface area contributed by atoms with E-state index in [4.69, 9.17) is 14.2 Å². The van der Waals surface area contributed by atoms with E-state index in [2.05, 4.69) is 13.8 Å². The highest BCUT2D eigenvalue weighted by Crippen LogP contribution is 2.31. The van der Waals surface area contributed by atoms with Crippen molar-refractivity contribution in [2.75, 3.05) is 39.5 Å². The van der Waals surface area contributed by atoms with E-state index in [1.807, 2.05) is 23.1 Å². The third-order valence-electron chi connectivity index (χ3n) is 4.37. The molecule has 0 spiro atoms. The molecule has 1 aromatic rings. The number of carbonyl (C=O) groups excluding carboxylic acids is 1. The van der Waals surface area contributed by atoms with E-state index in [9.17, 15) is 4.79 Å². The number of carbonyl (C=O) groups is 1. The molecule has 0 N–H and O–H groups in total.